The van der Waals surface area contributed by atoms with Gasteiger partial charge in [-0.25, -0.2) is 0 Å². The van der Waals surface area contributed by atoms with Crippen molar-refractivity contribution in [2.75, 3.05) is 0 Å². The molecule has 1 saturated carbocycles. The molecular formula is C11H18. The minimum Gasteiger partial charge on any atom is -0.103 e. The van der Waals surface area contributed by atoms with E-state index >= 15 is 0 Å². The molecule has 0 amide bonds. The van der Waals surface area contributed by atoms with Gasteiger partial charge in [0.25, 0.3) is 0 Å². The van der Waals surface area contributed by atoms with E-state index in [0.717, 1.165) is 11.8 Å². The maximum absolute atomic E-state index is 3.84. The molecule has 0 heteroatoms. The molecule has 0 bridgehead atoms. The highest BCUT2D eigenvalue weighted by molar-refractivity contribution is 5.01. The molecule has 0 saturated heterocycles. The summed E-state index contributed by atoms with van der Waals surface area (Å²) in [5.74, 6) is 1.62. The fourth-order valence-corrected chi connectivity index (χ4v) is 1.89. The molecule has 1 aliphatic carbocycles. The second-order valence-corrected chi connectivity index (χ2v) is 3.81. The summed E-state index contributed by atoms with van der Waals surface area (Å²) in [6, 6.07) is 0. The Kier molecular flexibility index (Phi) is 2.92. The normalized spacial score (nSPS) is 30.0. The van der Waals surface area contributed by atoms with Crippen molar-refractivity contribution in [1.29, 1.82) is 0 Å². The highest BCUT2D eigenvalue weighted by Gasteiger charge is 2.19. The Morgan fingerprint density at radius 3 is 2.36 bits per heavy atom. The lowest BCUT2D eigenvalue weighted by Gasteiger charge is -2.03. The van der Waals surface area contributed by atoms with Crippen molar-refractivity contribution in [2.45, 2.75) is 33.1 Å². The molecule has 2 unspecified atom stereocenters. The van der Waals surface area contributed by atoms with Crippen LogP contribution in [0, 0.1) is 11.8 Å². The molecule has 0 N–H and O–H groups in total. The second-order valence-electron chi connectivity index (χ2n) is 3.81. The van der Waals surface area contributed by atoms with Gasteiger partial charge in [-0.05, 0) is 44.9 Å². The average Bonchev–Trinajstić information content (AvgIpc) is 2.34. The van der Waals surface area contributed by atoms with Crippen molar-refractivity contribution in [3.8, 4) is 0 Å². The number of allylic oxidation sites excluding steroid dienone is 3. The Bertz CT molecular complexity index is 161. The smallest absolute Gasteiger partial charge is 0.0225 e. The molecule has 2 atom stereocenters. The topological polar surface area (TPSA) is 0 Å². The van der Waals surface area contributed by atoms with Crippen molar-refractivity contribution in [3.05, 3.63) is 24.3 Å². The molecule has 11 heavy (non-hydrogen) atoms. The first-order valence-electron chi connectivity index (χ1n) is 4.50. The average molecular weight is 150 g/mol. The van der Waals surface area contributed by atoms with Crippen LogP contribution in [0.4, 0.5) is 0 Å². The Balaban J connectivity index is 2.41. The first-order valence-corrected chi connectivity index (χ1v) is 4.50. The predicted molar refractivity (Wildman–Crippen MR) is 50.5 cm³/mol. The molecule has 62 valence electrons. The zero-order chi connectivity index (χ0) is 8.27. The van der Waals surface area contributed by atoms with Gasteiger partial charge in [0.15, 0.2) is 0 Å². The molecule has 0 aromatic heterocycles. The minimum atomic E-state index is 0.788. The molecule has 1 aliphatic rings. The Morgan fingerprint density at radius 1 is 1.27 bits per heavy atom. The van der Waals surface area contributed by atoms with E-state index < -0.39 is 0 Å². The molecule has 0 radical (unpaired) electrons. The van der Waals surface area contributed by atoms with Crippen LogP contribution in [-0.4, -0.2) is 0 Å². The van der Waals surface area contributed by atoms with Gasteiger partial charge in [0.1, 0.15) is 0 Å². The monoisotopic (exact) mass is 150 g/mol. The van der Waals surface area contributed by atoms with Crippen molar-refractivity contribution in [1.82, 2.24) is 0 Å². The highest BCUT2D eigenvalue weighted by atomic mass is 14.2. The van der Waals surface area contributed by atoms with E-state index in [1.165, 1.54) is 24.8 Å². The molecule has 0 spiro atoms. The third-order valence-electron chi connectivity index (χ3n) is 2.42. The van der Waals surface area contributed by atoms with Gasteiger partial charge in [0.05, 0.1) is 0 Å². The van der Waals surface area contributed by atoms with Crippen LogP contribution in [0.3, 0.4) is 0 Å². The maximum atomic E-state index is 3.84. The van der Waals surface area contributed by atoms with Gasteiger partial charge >= 0.3 is 0 Å². The second kappa shape index (κ2) is 3.75. The van der Waals surface area contributed by atoms with Crippen LogP contribution in [0.5, 0.6) is 0 Å². The summed E-state index contributed by atoms with van der Waals surface area (Å²) in [5, 5.41) is 0. The molecule has 0 aliphatic heterocycles. The Labute approximate surface area is 70.0 Å². The third kappa shape index (κ3) is 2.53. The Morgan fingerprint density at radius 2 is 1.91 bits per heavy atom. The van der Waals surface area contributed by atoms with Gasteiger partial charge in [0.2, 0.25) is 0 Å². The van der Waals surface area contributed by atoms with E-state index in [-0.39, 0.29) is 0 Å². The maximum Gasteiger partial charge on any atom is -0.0225 e. The van der Waals surface area contributed by atoms with E-state index in [0.29, 0.717) is 0 Å². The van der Waals surface area contributed by atoms with Crippen LogP contribution in [0.15, 0.2) is 24.3 Å². The minimum absolute atomic E-state index is 0.788. The predicted octanol–water partition coefficient (Wildman–Crippen LogP) is 3.55. The zero-order valence-corrected chi connectivity index (χ0v) is 7.64. The molecule has 0 nitrogen and oxygen atoms in total. The van der Waals surface area contributed by atoms with E-state index in [9.17, 15) is 0 Å². The summed E-state index contributed by atoms with van der Waals surface area (Å²) in [4.78, 5) is 0. The fourth-order valence-electron chi connectivity index (χ4n) is 1.89. The third-order valence-corrected chi connectivity index (χ3v) is 2.42. The van der Waals surface area contributed by atoms with E-state index in [1.807, 2.05) is 0 Å². The number of hydrogen-bond donors (Lipinski definition) is 0. The van der Waals surface area contributed by atoms with E-state index in [1.54, 1.807) is 0 Å². The van der Waals surface area contributed by atoms with Gasteiger partial charge in [-0.1, -0.05) is 17.7 Å². The van der Waals surface area contributed by atoms with E-state index in [4.69, 9.17) is 0 Å². The quantitative estimate of drug-likeness (QED) is 0.528. The molecule has 1 rings (SSSR count). The van der Waals surface area contributed by atoms with Gasteiger partial charge < -0.3 is 0 Å². The molecular weight excluding hydrogens is 132 g/mol. The van der Waals surface area contributed by atoms with Crippen LogP contribution in [0.2, 0.25) is 0 Å². The first-order chi connectivity index (χ1) is 5.22. The van der Waals surface area contributed by atoms with Crippen molar-refractivity contribution < 1.29 is 0 Å². The van der Waals surface area contributed by atoms with Crippen LogP contribution < -0.4 is 0 Å². The van der Waals surface area contributed by atoms with Crippen molar-refractivity contribution in [3.63, 3.8) is 0 Å². The first kappa shape index (κ1) is 8.58. The van der Waals surface area contributed by atoms with Crippen LogP contribution in [0.25, 0.3) is 0 Å². The summed E-state index contributed by atoms with van der Waals surface area (Å²) in [6.45, 7) is 8.20. The summed E-state index contributed by atoms with van der Waals surface area (Å²) in [5.41, 5.74) is 1.46. The largest absolute Gasteiger partial charge is 0.103 e. The summed E-state index contributed by atoms with van der Waals surface area (Å²) >= 11 is 0. The van der Waals surface area contributed by atoms with E-state index in [2.05, 4.69) is 32.6 Å². The van der Waals surface area contributed by atoms with Gasteiger partial charge in [0, 0.05) is 0 Å². The highest BCUT2D eigenvalue weighted by Crippen LogP contribution is 2.32. The number of hydrogen-bond acceptors (Lipinski definition) is 0. The van der Waals surface area contributed by atoms with Crippen molar-refractivity contribution in [2.24, 2.45) is 11.8 Å². The zero-order valence-electron chi connectivity index (χ0n) is 7.64. The van der Waals surface area contributed by atoms with Gasteiger partial charge in [-0.15, -0.1) is 6.58 Å². The van der Waals surface area contributed by atoms with Crippen molar-refractivity contribution >= 4 is 0 Å². The summed E-state index contributed by atoms with van der Waals surface area (Å²) in [7, 11) is 0. The summed E-state index contributed by atoms with van der Waals surface area (Å²) < 4.78 is 0. The lowest BCUT2D eigenvalue weighted by molar-refractivity contribution is 0.637. The summed E-state index contributed by atoms with van der Waals surface area (Å²) in [6.07, 6.45) is 8.55. The fraction of sp³-hybridized carbons (Fsp3) is 0.636. The Hall–Kier alpha value is -0.520. The standard InChI is InChI=1S/C11H18/c1-4-10-5-6-11(8-10)7-9(2)3/h4,7,10-11H,1,5-6,8H2,2-3H3. The SMILES string of the molecule is C=CC1CCC(C=C(C)C)C1. The van der Waals surface area contributed by atoms with Gasteiger partial charge in [-0.3, -0.25) is 0 Å². The lowest BCUT2D eigenvalue weighted by atomic mass is 10.0. The number of rotatable bonds is 2. The molecule has 0 aromatic carbocycles. The van der Waals surface area contributed by atoms with Gasteiger partial charge in [-0.2, -0.15) is 0 Å². The molecule has 0 heterocycles. The molecule has 0 aromatic rings. The lowest BCUT2D eigenvalue weighted by Crippen LogP contribution is -1.90. The van der Waals surface area contributed by atoms with Crippen LogP contribution in [-0.2, 0) is 0 Å². The molecule has 1 fully saturated rings. The van der Waals surface area contributed by atoms with Crippen LogP contribution in [0.1, 0.15) is 33.1 Å². The van der Waals surface area contributed by atoms with Crippen LogP contribution >= 0.6 is 0 Å².